The minimum atomic E-state index is -3.64. The van der Waals surface area contributed by atoms with Crippen LogP contribution in [0.3, 0.4) is 0 Å². The lowest BCUT2D eigenvalue weighted by molar-refractivity contribution is -0.114. The number of nitrogens with one attached hydrogen (secondary N) is 2. The summed E-state index contributed by atoms with van der Waals surface area (Å²) in [4.78, 5) is 11.1. The molecule has 25 heavy (non-hydrogen) atoms. The van der Waals surface area contributed by atoms with Crippen molar-refractivity contribution in [2.24, 2.45) is 0 Å². The van der Waals surface area contributed by atoms with Crippen LogP contribution in [0.15, 0.2) is 53.4 Å². The summed E-state index contributed by atoms with van der Waals surface area (Å²) in [7, 11) is -3.64. The van der Waals surface area contributed by atoms with E-state index in [0.29, 0.717) is 11.4 Å². The van der Waals surface area contributed by atoms with Crippen LogP contribution in [-0.4, -0.2) is 20.4 Å². The number of sulfonamides is 1. The monoisotopic (exact) mass is 362 g/mol. The van der Waals surface area contributed by atoms with E-state index in [2.05, 4.69) is 10.0 Å². The molecule has 0 spiro atoms. The minimum Gasteiger partial charge on any atom is -0.491 e. The van der Waals surface area contributed by atoms with E-state index in [1.807, 2.05) is 38.1 Å². The van der Waals surface area contributed by atoms with Crippen LogP contribution in [0.2, 0.25) is 0 Å². The Morgan fingerprint density at radius 1 is 1.12 bits per heavy atom. The molecule has 0 unspecified atom stereocenters. The topological polar surface area (TPSA) is 84.5 Å². The van der Waals surface area contributed by atoms with Crippen LogP contribution in [0.1, 0.15) is 26.3 Å². The fraction of sp³-hybridized carbons (Fsp3) is 0.278. The number of hydrogen-bond acceptors (Lipinski definition) is 4. The first-order chi connectivity index (χ1) is 11.8. The van der Waals surface area contributed by atoms with Crippen molar-refractivity contribution >= 4 is 21.6 Å². The molecule has 0 saturated heterocycles. The summed E-state index contributed by atoms with van der Waals surface area (Å²) in [6, 6.07) is 13.3. The first-order valence-corrected chi connectivity index (χ1v) is 9.37. The van der Waals surface area contributed by atoms with Gasteiger partial charge in [0, 0.05) is 19.2 Å². The van der Waals surface area contributed by atoms with E-state index in [0.717, 1.165) is 5.56 Å². The summed E-state index contributed by atoms with van der Waals surface area (Å²) >= 11 is 0. The van der Waals surface area contributed by atoms with Crippen molar-refractivity contribution in [2.45, 2.75) is 38.3 Å². The molecule has 134 valence electrons. The van der Waals surface area contributed by atoms with E-state index in [1.165, 1.54) is 19.1 Å². The Balaban J connectivity index is 2.05. The molecule has 0 radical (unpaired) electrons. The van der Waals surface area contributed by atoms with E-state index < -0.39 is 10.0 Å². The number of hydrogen-bond donors (Lipinski definition) is 2. The highest BCUT2D eigenvalue weighted by atomic mass is 32.2. The van der Waals surface area contributed by atoms with Gasteiger partial charge in [0.05, 0.1) is 11.0 Å². The zero-order chi connectivity index (χ0) is 18.4. The molecule has 2 N–H and O–H groups in total. The number of carbonyl (C=O) groups is 1. The van der Waals surface area contributed by atoms with Crippen molar-refractivity contribution in [1.29, 1.82) is 0 Å². The Kier molecular flexibility index (Phi) is 6.17. The highest BCUT2D eigenvalue weighted by Crippen LogP contribution is 2.17. The number of ether oxygens (including phenoxy) is 1. The van der Waals surface area contributed by atoms with Gasteiger partial charge in [-0.2, -0.15) is 0 Å². The van der Waals surface area contributed by atoms with Crippen LogP contribution in [0.5, 0.6) is 5.75 Å². The highest BCUT2D eigenvalue weighted by Gasteiger charge is 2.14. The van der Waals surface area contributed by atoms with Crippen molar-refractivity contribution in [3.05, 3.63) is 54.1 Å². The number of benzene rings is 2. The highest BCUT2D eigenvalue weighted by molar-refractivity contribution is 7.89. The largest absolute Gasteiger partial charge is 0.491 e. The van der Waals surface area contributed by atoms with E-state index in [4.69, 9.17) is 4.74 Å². The van der Waals surface area contributed by atoms with Crippen LogP contribution >= 0.6 is 0 Å². The number of anilines is 1. The van der Waals surface area contributed by atoms with E-state index >= 15 is 0 Å². The zero-order valence-corrected chi connectivity index (χ0v) is 15.3. The maximum Gasteiger partial charge on any atom is 0.240 e. The van der Waals surface area contributed by atoms with E-state index in [9.17, 15) is 13.2 Å². The molecule has 0 heterocycles. The maximum absolute atomic E-state index is 12.4. The Bertz CT molecular complexity index is 830. The predicted molar refractivity (Wildman–Crippen MR) is 97.0 cm³/mol. The first-order valence-electron chi connectivity index (χ1n) is 7.89. The van der Waals surface area contributed by atoms with Crippen LogP contribution in [0.4, 0.5) is 5.69 Å². The smallest absolute Gasteiger partial charge is 0.240 e. The van der Waals surface area contributed by atoms with Gasteiger partial charge >= 0.3 is 0 Å². The number of carbonyl (C=O) groups excluding carboxylic acids is 1. The second kappa shape index (κ2) is 8.13. The molecule has 0 saturated carbocycles. The molecule has 0 aliphatic heterocycles. The molecule has 0 aliphatic carbocycles. The fourth-order valence-electron chi connectivity index (χ4n) is 2.18. The average Bonchev–Trinajstić information content (AvgIpc) is 2.53. The van der Waals surface area contributed by atoms with Gasteiger partial charge in [-0.1, -0.05) is 12.1 Å². The number of rotatable bonds is 7. The Morgan fingerprint density at radius 2 is 1.80 bits per heavy atom. The summed E-state index contributed by atoms with van der Waals surface area (Å²) in [6.45, 7) is 5.41. The van der Waals surface area contributed by atoms with Crippen LogP contribution < -0.4 is 14.8 Å². The molecule has 0 aliphatic rings. The fourth-order valence-corrected chi connectivity index (χ4v) is 3.20. The first kappa shape index (κ1) is 19.0. The zero-order valence-electron chi connectivity index (χ0n) is 14.4. The van der Waals surface area contributed by atoms with Crippen molar-refractivity contribution < 1.29 is 17.9 Å². The summed E-state index contributed by atoms with van der Waals surface area (Å²) in [5, 5.41) is 2.59. The molecule has 0 fully saturated rings. The molecular weight excluding hydrogens is 340 g/mol. The Morgan fingerprint density at radius 3 is 2.40 bits per heavy atom. The SMILES string of the molecule is CC(=O)Nc1ccc(S(=O)(=O)NCc2cccc(OC(C)C)c2)cc1. The van der Waals surface area contributed by atoms with Gasteiger partial charge in [0.2, 0.25) is 15.9 Å². The quantitative estimate of drug-likeness (QED) is 0.793. The Labute approximate surface area is 148 Å². The third kappa shape index (κ3) is 5.88. The standard InChI is InChI=1S/C18H22N2O4S/c1-13(2)24-17-6-4-5-15(11-17)12-19-25(22,23)18-9-7-16(8-10-18)20-14(3)21/h4-11,13,19H,12H2,1-3H3,(H,20,21). The summed E-state index contributed by atoms with van der Waals surface area (Å²) in [5.41, 5.74) is 1.35. The van der Waals surface area contributed by atoms with Crippen LogP contribution in [0, 0.1) is 0 Å². The van der Waals surface area contributed by atoms with Gasteiger partial charge in [-0.15, -0.1) is 0 Å². The normalized spacial score (nSPS) is 11.4. The van der Waals surface area contributed by atoms with Crippen LogP contribution in [-0.2, 0) is 21.4 Å². The maximum atomic E-state index is 12.4. The lowest BCUT2D eigenvalue weighted by Gasteiger charge is -2.12. The van der Waals surface area contributed by atoms with Crippen molar-refractivity contribution in [3.63, 3.8) is 0 Å². The van der Waals surface area contributed by atoms with Gasteiger partial charge in [-0.05, 0) is 55.8 Å². The van der Waals surface area contributed by atoms with Crippen LogP contribution in [0.25, 0.3) is 0 Å². The molecule has 0 bridgehead atoms. The van der Waals surface area contributed by atoms with Crippen molar-refractivity contribution in [2.75, 3.05) is 5.32 Å². The molecule has 2 aromatic rings. The molecule has 0 aromatic heterocycles. The molecular formula is C18H22N2O4S. The molecule has 6 nitrogen and oxygen atoms in total. The summed E-state index contributed by atoms with van der Waals surface area (Å²) in [5.74, 6) is 0.489. The molecule has 0 atom stereocenters. The molecule has 2 rings (SSSR count). The van der Waals surface area contributed by atoms with Crippen molar-refractivity contribution in [3.8, 4) is 5.75 Å². The average molecular weight is 362 g/mol. The minimum absolute atomic E-state index is 0.0501. The van der Waals surface area contributed by atoms with Gasteiger partial charge in [-0.3, -0.25) is 4.79 Å². The predicted octanol–water partition coefficient (Wildman–Crippen LogP) is 2.91. The number of amides is 1. The second-order valence-corrected chi connectivity index (χ2v) is 7.61. The molecule has 1 amide bonds. The lowest BCUT2D eigenvalue weighted by atomic mass is 10.2. The molecule has 2 aromatic carbocycles. The van der Waals surface area contributed by atoms with Crippen molar-refractivity contribution in [1.82, 2.24) is 4.72 Å². The third-order valence-corrected chi connectivity index (χ3v) is 4.64. The van der Waals surface area contributed by atoms with Gasteiger partial charge < -0.3 is 10.1 Å². The van der Waals surface area contributed by atoms with Gasteiger partial charge in [0.15, 0.2) is 0 Å². The van der Waals surface area contributed by atoms with E-state index in [-0.39, 0.29) is 23.5 Å². The Hall–Kier alpha value is -2.38. The van der Waals surface area contributed by atoms with E-state index in [1.54, 1.807) is 12.1 Å². The second-order valence-electron chi connectivity index (χ2n) is 5.84. The van der Waals surface area contributed by atoms with Gasteiger partial charge in [-0.25, -0.2) is 13.1 Å². The van der Waals surface area contributed by atoms with Gasteiger partial charge in [0.1, 0.15) is 5.75 Å². The summed E-state index contributed by atoms with van der Waals surface area (Å²) < 4.78 is 32.9. The third-order valence-electron chi connectivity index (χ3n) is 3.22. The lowest BCUT2D eigenvalue weighted by Crippen LogP contribution is -2.23. The molecule has 7 heteroatoms. The van der Waals surface area contributed by atoms with Gasteiger partial charge in [0.25, 0.3) is 0 Å². The summed E-state index contributed by atoms with van der Waals surface area (Å²) in [6.07, 6.45) is 0.0501.